The zero-order chi connectivity index (χ0) is 13.8. The van der Waals surface area contributed by atoms with Gasteiger partial charge in [-0.1, -0.05) is 32.0 Å². The maximum absolute atomic E-state index is 9.41. The molecule has 2 aromatic rings. The molecule has 0 aliphatic carbocycles. The number of aliphatic hydroxyl groups excluding tert-OH is 1. The standard InChI is InChI=1S/C15H21N3O/c1-10(2)14(9-19)18-15-12(8-16)7-11-5-3-4-6-13(11)17-15/h3-7,10,14,19H,8-9,16H2,1-2H3,(H,17,18)/t14-/m1/s1. The number of aliphatic hydroxyl groups is 1. The summed E-state index contributed by atoms with van der Waals surface area (Å²) < 4.78 is 0. The number of para-hydroxylation sites is 1. The predicted molar refractivity (Wildman–Crippen MR) is 79.0 cm³/mol. The SMILES string of the molecule is CC(C)[C@@H](CO)Nc1nc2ccccc2cc1CN. The minimum atomic E-state index is -0.0148. The van der Waals surface area contributed by atoms with Crippen LogP contribution < -0.4 is 11.1 Å². The summed E-state index contributed by atoms with van der Waals surface area (Å²) in [5.74, 6) is 1.10. The lowest BCUT2D eigenvalue weighted by Gasteiger charge is -2.22. The third-order valence-corrected chi connectivity index (χ3v) is 3.35. The third kappa shape index (κ3) is 3.03. The molecule has 1 aromatic carbocycles. The maximum atomic E-state index is 9.41. The lowest BCUT2D eigenvalue weighted by Crippen LogP contribution is -2.30. The Morgan fingerprint density at radius 1 is 1.32 bits per heavy atom. The van der Waals surface area contributed by atoms with Crippen LogP contribution in [0.25, 0.3) is 10.9 Å². The number of nitrogens with zero attached hydrogens (tertiary/aromatic N) is 1. The fourth-order valence-electron chi connectivity index (χ4n) is 2.04. The van der Waals surface area contributed by atoms with Crippen molar-refractivity contribution < 1.29 is 5.11 Å². The van der Waals surface area contributed by atoms with Gasteiger partial charge >= 0.3 is 0 Å². The zero-order valence-electron chi connectivity index (χ0n) is 11.4. The second kappa shape index (κ2) is 5.99. The van der Waals surface area contributed by atoms with Crippen LogP contribution in [-0.2, 0) is 6.54 Å². The van der Waals surface area contributed by atoms with Gasteiger partial charge in [0.1, 0.15) is 5.82 Å². The van der Waals surface area contributed by atoms with Gasteiger partial charge in [0.2, 0.25) is 0 Å². The molecule has 0 saturated carbocycles. The number of benzene rings is 1. The highest BCUT2D eigenvalue weighted by Crippen LogP contribution is 2.21. The summed E-state index contributed by atoms with van der Waals surface area (Å²) in [6.45, 7) is 4.64. The largest absolute Gasteiger partial charge is 0.394 e. The molecular weight excluding hydrogens is 238 g/mol. The van der Waals surface area contributed by atoms with Crippen molar-refractivity contribution >= 4 is 16.7 Å². The minimum absolute atomic E-state index is 0.0148. The van der Waals surface area contributed by atoms with Crippen molar-refractivity contribution in [3.63, 3.8) is 0 Å². The highest BCUT2D eigenvalue weighted by Gasteiger charge is 2.14. The van der Waals surface area contributed by atoms with Gasteiger partial charge < -0.3 is 16.2 Å². The van der Waals surface area contributed by atoms with E-state index in [9.17, 15) is 5.11 Å². The Kier molecular flexibility index (Phi) is 4.35. The molecule has 0 bridgehead atoms. The highest BCUT2D eigenvalue weighted by atomic mass is 16.3. The number of rotatable bonds is 5. The first-order chi connectivity index (χ1) is 9.15. The summed E-state index contributed by atoms with van der Waals surface area (Å²) in [5, 5.41) is 13.8. The first kappa shape index (κ1) is 13.8. The van der Waals surface area contributed by atoms with Crippen LogP contribution in [0.1, 0.15) is 19.4 Å². The Hall–Kier alpha value is -1.65. The van der Waals surface area contributed by atoms with Crippen LogP contribution in [0.2, 0.25) is 0 Å². The van der Waals surface area contributed by atoms with Gasteiger partial charge in [-0.25, -0.2) is 4.98 Å². The van der Waals surface area contributed by atoms with Crippen molar-refractivity contribution in [2.45, 2.75) is 26.4 Å². The fourth-order valence-corrected chi connectivity index (χ4v) is 2.04. The molecule has 0 radical (unpaired) electrons. The second-order valence-corrected chi connectivity index (χ2v) is 5.07. The topological polar surface area (TPSA) is 71.2 Å². The number of aromatic nitrogens is 1. The molecule has 102 valence electrons. The third-order valence-electron chi connectivity index (χ3n) is 3.35. The van der Waals surface area contributed by atoms with E-state index in [1.54, 1.807) is 0 Å². The Morgan fingerprint density at radius 2 is 2.05 bits per heavy atom. The van der Waals surface area contributed by atoms with Crippen LogP contribution in [0, 0.1) is 5.92 Å². The first-order valence-corrected chi connectivity index (χ1v) is 6.61. The van der Waals surface area contributed by atoms with Crippen molar-refractivity contribution in [2.75, 3.05) is 11.9 Å². The Balaban J connectivity index is 2.40. The van der Waals surface area contributed by atoms with Gasteiger partial charge in [-0.05, 0) is 18.1 Å². The van der Waals surface area contributed by atoms with Gasteiger partial charge in [0.05, 0.1) is 18.2 Å². The van der Waals surface area contributed by atoms with Gasteiger partial charge in [-0.2, -0.15) is 0 Å². The summed E-state index contributed by atoms with van der Waals surface area (Å²) in [5.41, 5.74) is 7.70. The van der Waals surface area contributed by atoms with Crippen LogP contribution in [0.3, 0.4) is 0 Å². The van der Waals surface area contributed by atoms with Gasteiger partial charge in [-0.3, -0.25) is 0 Å². The zero-order valence-corrected chi connectivity index (χ0v) is 11.4. The highest BCUT2D eigenvalue weighted by molar-refractivity contribution is 5.81. The fraction of sp³-hybridized carbons (Fsp3) is 0.400. The molecule has 0 aliphatic rings. The van der Waals surface area contributed by atoms with E-state index < -0.39 is 0 Å². The number of fused-ring (bicyclic) bond motifs is 1. The van der Waals surface area contributed by atoms with Crippen molar-refractivity contribution in [2.24, 2.45) is 11.7 Å². The van der Waals surface area contributed by atoms with E-state index in [0.717, 1.165) is 22.3 Å². The van der Waals surface area contributed by atoms with E-state index in [4.69, 9.17) is 5.73 Å². The van der Waals surface area contributed by atoms with E-state index >= 15 is 0 Å². The summed E-state index contributed by atoms with van der Waals surface area (Å²) in [6, 6.07) is 10.00. The summed E-state index contributed by atoms with van der Waals surface area (Å²) in [6.07, 6.45) is 0. The van der Waals surface area contributed by atoms with Gasteiger partial charge in [0.25, 0.3) is 0 Å². The summed E-state index contributed by atoms with van der Waals surface area (Å²) in [4.78, 5) is 4.61. The normalized spacial score (nSPS) is 12.9. The molecule has 1 atom stereocenters. The van der Waals surface area contributed by atoms with Crippen molar-refractivity contribution in [1.29, 1.82) is 0 Å². The molecule has 0 aliphatic heterocycles. The maximum Gasteiger partial charge on any atom is 0.131 e. The molecule has 4 heteroatoms. The van der Waals surface area contributed by atoms with E-state index in [0.29, 0.717) is 12.5 Å². The Morgan fingerprint density at radius 3 is 2.68 bits per heavy atom. The molecule has 0 amide bonds. The number of hydrogen-bond acceptors (Lipinski definition) is 4. The average molecular weight is 259 g/mol. The summed E-state index contributed by atoms with van der Waals surface area (Å²) in [7, 11) is 0. The van der Waals surface area contributed by atoms with E-state index in [1.807, 2.05) is 24.3 Å². The molecule has 4 nitrogen and oxygen atoms in total. The minimum Gasteiger partial charge on any atom is -0.394 e. The van der Waals surface area contributed by atoms with Crippen LogP contribution in [0.4, 0.5) is 5.82 Å². The molecule has 2 rings (SSSR count). The number of hydrogen-bond donors (Lipinski definition) is 3. The smallest absolute Gasteiger partial charge is 0.131 e. The van der Waals surface area contributed by atoms with Crippen molar-refractivity contribution in [1.82, 2.24) is 4.98 Å². The quantitative estimate of drug-likeness (QED) is 0.769. The van der Waals surface area contributed by atoms with Crippen LogP contribution in [-0.4, -0.2) is 22.7 Å². The van der Waals surface area contributed by atoms with Gasteiger partial charge in [0.15, 0.2) is 0 Å². The number of nitrogens with one attached hydrogen (secondary N) is 1. The molecule has 1 heterocycles. The molecule has 0 unspecified atom stereocenters. The summed E-state index contributed by atoms with van der Waals surface area (Å²) >= 11 is 0. The molecule has 0 spiro atoms. The van der Waals surface area contributed by atoms with Gasteiger partial charge in [-0.15, -0.1) is 0 Å². The van der Waals surface area contributed by atoms with Crippen molar-refractivity contribution in [3.05, 3.63) is 35.9 Å². The van der Waals surface area contributed by atoms with Crippen LogP contribution in [0.15, 0.2) is 30.3 Å². The molecule has 0 fully saturated rings. The van der Waals surface area contributed by atoms with Gasteiger partial charge in [0, 0.05) is 17.5 Å². The number of anilines is 1. The second-order valence-electron chi connectivity index (χ2n) is 5.07. The molecule has 1 aromatic heterocycles. The molecule has 19 heavy (non-hydrogen) atoms. The molecule has 4 N–H and O–H groups in total. The van der Waals surface area contributed by atoms with Crippen molar-refractivity contribution in [3.8, 4) is 0 Å². The lowest BCUT2D eigenvalue weighted by molar-refractivity contribution is 0.249. The van der Waals surface area contributed by atoms with E-state index in [-0.39, 0.29) is 12.6 Å². The van der Waals surface area contributed by atoms with Crippen LogP contribution in [0.5, 0.6) is 0 Å². The predicted octanol–water partition coefficient (Wildman–Crippen LogP) is 2.12. The lowest BCUT2D eigenvalue weighted by atomic mass is 10.0. The monoisotopic (exact) mass is 259 g/mol. The van der Waals surface area contributed by atoms with E-state index in [2.05, 4.69) is 30.2 Å². The first-order valence-electron chi connectivity index (χ1n) is 6.61. The van der Waals surface area contributed by atoms with Crippen LogP contribution >= 0.6 is 0 Å². The Bertz CT molecular complexity index is 554. The number of pyridine rings is 1. The van der Waals surface area contributed by atoms with E-state index in [1.165, 1.54) is 0 Å². The Labute approximate surface area is 113 Å². The average Bonchev–Trinajstić information content (AvgIpc) is 2.43. The molecular formula is C15H21N3O. The molecule has 0 saturated heterocycles. The number of nitrogens with two attached hydrogens (primary N) is 1.